The first kappa shape index (κ1) is 15.4. The lowest BCUT2D eigenvalue weighted by Crippen LogP contribution is -2.10. The number of anilines is 1. The highest BCUT2D eigenvalue weighted by Gasteiger charge is 2.12. The molecule has 0 radical (unpaired) electrons. The summed E-state index contributed by atoms with van der Waals surface area (Å²) in [6.07, 6.45) is 0. The molecule has 0 spiro atoms. The first-order valence-electron chi connectivity index (χ1n) is 7.72. The molecule has 5 heteroatoms. The van der Waals surface area contributed by atoms with Crippen LogP contribution in [0.15, 0.2) is 46.9 Å². The Hall–Kier alpha value is -2.53. The van der Waals surface area contributed by atoms with E-state index in [2.05, 4.69) is 10.4 Å². The predicted molar refractivity (Wildman–Crippen MR) is 90.3 cm³/mol. The van der Waals surface area contributed by atoms with E-state index in [9.17, 15) is 0 Å². The van der Waals surface area contributed by atoms with Crippen LogP contribution in [0, 0.1) is 13.8 Å². The summed E-state index contributed by atoms with van der Waals surface area (Å²) in [5.74, 6) is 2.64. The molecule has 0 unspecified atom stereocenters. The van der Waals surface area contributed by atoms with Crippen molar-refractivity contribution in [1.29, 1.82) is 0 Å². The highest BCUT2D eigenvalue weighted by Crippen LogP contribution is 2.23. The third kappa shape index (κ3) is 3.29. The lowest BCUT2D eigenvalue weighted by molar-refractivity contribution is 0.270. The number of benzene rings is 1. The Kier molecular flexibility index (Phi) is 4.48. The summed E-state index contributed by atoms with van der Waals surface area (Å²) in [7, 11) is 0. The summed E-state index contributed by atoms with van der Waals surface area (Å²) in [6.45, 7) is 5.10. The third-order valence-electron chi connectivity index (χ3n) is 3.89. The van der Waals surface area contributed by atoms with Gasteiger partial charge in [-0.15, -0.1) is 0 Å². The topological polar surface area (TPSA) is 63.2 Å². The van der Waals surface area contributed by atoms with Crippen molar-refractivity contribution in [2.75, 3.05) is 11.9 Å². The molecule has 2 heterocycles. The number of furan rings is 1. The van der Waals surface area contributed by atoms with Crippen LogP contribution in [0.2, 0.25) is 0 Å². The Balaban J connectivity index is 1.73. The molecular weight excluding hydrogens is 290 g/mol. The number of hydrogen-bond donors (Lipinski definition) is 2. The highest BCUT2D eigenvalue weighted by atomic mass is 16.3. The second-order valence-electron chi connectivity index (χ2n) is 5.49. The molecule has 0 fully saturated rings. The van der Waals surface area contributed by atoms with Gasteiger partial charge in [-0.05, 0) is 26.0 Å². The minimum atomic E-state index is 0.0636. The third-order valence-corrected chi connectivity index (χ3v) is 3.89. The monoisotopic (exact) mass is 311 g/mol. The Morgan fingerprint density at radius 3 is 2.65 bits per heavy atom. The van der Waals surface area contributed by atoms with E-state index in [1.165, 1.54) is 0 Å². The van der Waals surface area contributed by atoms with Crippen molar-refractivity contribution in [3.63, 3.8) is 0 Å². The fourth-order valence-corrected chi connectivity index (χ4v) is 2.55. The molecule has 3 aromatic rings. The number of hydrogen-bond acceptors (Lipinski definition) is 4. The van der Waals surface area contributed by atoms with Crippen LogP contribution >= 0.6 is 0 Å². The molecule has 5 nitrogen and oxygen atoms in total. The molecule has 0 amide bonds. The Morgan fingerprint density at radius 2 is 1.91 bits per heavy atom. The van der Waals surface area contributed by atoms with Crippen molar-refractivity contribution < 1.29 is 9.52 Å². The molecule has 0 aliphatic rings. The van der Waals surface area contributed by atoms with Gasteiger partial charge in [-0.2, -0.15) is 5.10 Å². The summed E-state index contributed by atoms with van der Waals surface area (Å²) < 4.78 is 7.69. The van der Waals surface area contributed by atoms with E-state index < -0.39 is 0 Å². The minimum Gasteiger partial charge on any atom is -0.459 e. The first-order chi connectivity index (χ1) is 11.2. The van der Waals surface area contributed by atoms with E-state index in [1.807, 2.05) is 56.3 Å². The number of aliphatic hydroxyl groups is 1. The smallest absolute Gasteiger partial charge is 0.134 e. The maximum absolute atomic E-state index is 9.15. The van der Waals surface area contributed by atoms with Crippen molar-refractivity contribution in [1.82, 2.24) is 9.78 Å². The van der Waals surface area contributed by atoms with Gasteiger partial charge in [-0.25, -0.2) is 4.68 Å². The van der Waals surface area contributed by atoms with Crippen LogP contribution in [-0.4, -0.2) is 21.5 Å². The molecule has 0 saturated heterocycles. The van der Waals surface area contributed by atoms with Crippen molar-refractivity contribution in [3.05, 3.63) is 59.5 Å². The summed E-state index contributed by atoms with van der Waals surface area (Å²) >= 11 is 0. The van der Waals surface area contributed by atoms with Crippen LogP contribution in [-0.2, 0) is 13.1 Å². The van der Waals surface area contributed by atoms with E-state index in [-0.39, 0.29) is 6.61 Å². The second-order valence-corrected chi connectivity index (χ2v) is 5.49. The molecule has 1 aromatic carbocycles. The van der Waals surface area contributed by atoms with E-state index in [4.69, 9.17) is 9.52 Å². The summed E-state index contributed by atoms with van der Waals surface area (Å²) in [4.78, 5) is 0. The molecule has 0 saturated carbocycles. The normalized spacial score (nSPS) is 10.9. The van der Waals surface area contributed by atoms with Gasteiger partial charge in [0.05, 0.1) is 25.4 Å². The van der Waals surface area contributed by atoms with Gasteiger partial charge in [0.2, 0.25) is 0 Å². The SMILES string of the molecule is Cc1nn(CCO)c(NCc2ccc(-c3ccccc3)o2)c1C. The summed E-state index contributed by atoms with van der Waals surface area (Å²) in [5.41, 5.74) is 3.12. The molecule has 0 bridgehead atoms. The van der Waals surface area contributed by atoms with Crippen molar-refractivity contribution in [2.24, 2.45) is 0 Å². The van der Waals surface area contributed by atoms with E-state index in [0.717, 1.165) is 34.2 Å². The maximum Gasteiger partial charge on any atom is 0.134 e. The molecule has 0 aliphatic heterocycles. The molecular formula is C18H21N3O2. The molecule has 0 aliphatic carbocycles. The number of aromatic nitrogens is 2. The van der Waals surface area contributed by atoms with E-state index >= 15 is 0 Å². The predicted octanol–water partition coefficient (Wildman–Crippen LogP) is 3.36. The van der Waals surface area contributed by atoms with Gasteiger partial charge in [0.1, 0.15) is 17.3 Å². The Morgan fingerprint density at radius 1 is 1.13 bits per heavy atom. The maximum atomic E-state index is 9.15. The molecule has 23 heavy (non-hydrogen) atoms. The second kappa shape index (κ2) is 6.71. The van der Waals surface area contributed by atoms with Gasteiger partial charge in [-0.1, -0.05) is 30.3 Å². The van der Waals surface area contributed by atoms with Crippen LogP contribution in [0.25, 0.3) is 11.3 Å². The quantitative estimate of drug-likeness (QED) is 0.732. The van der Waals surface area contributed by atoms with Gasteiger partial charge in [-0.3, -0.25) is 0 Å². The van der Waals surface area contributed by atoms with Crippen molar-refractivity contribution in [3.8, 4) is 11.3 Å². The Bertz CT molecular complexity index is 775. The number of aryl methyl sites for hydroxylation is 1. The van der Waals surface area contributed by atoms with E-state index in [0.29, 0.717) is 13.1 Å². The van der Waals surface area contributed by atoms with Crippen LogP contribution in [0.3, 0.4) is 0 Å². The van der Waals surface area contributed by atoms with Crippen LogP contribution < -0.4 is 5.32 Å². The molecule has 120 valence electrons. The largest absolute Gasteiger partial charge is 0.459 e. The summed E-state index contributed by atoms with van der Waals surface area (Å²) in [5, 5.41) is 16.9. The van der Waals surface area contributed by atoms with Gasteiger partial charge < -0.3 is 14.8 Å². The van der Waals surface area contributed by atoms with Crippen LogP contribution in [0.1, 0.15) is 17.0 Å². The van der Waals surface area contributed by atoms with Gasteiger partial charge >= 0.3 is 0 Å². The number of aliphatic hydroxyl groups excluding tert-OH is 1. The zero-order chi connectivity index (χ0) is 16.2. The lowest BCUT2D eigenvalue weighted by Gasteiger charge is -2.09. The standard InChI is InChI=1S/C18H21N3O2/c1-13-14(2)20-21(10-11-22)18(13)19-12-16-8-9-17(23-16)15-6-4-3-5-7-15/h3-9,19,22H,10-12H2,1-2H3. The zero-order valence-corrected chi connectivity index (χ0v) is 13.4. The molecule has 2 aromatic heterocycles. The minimum absolute atomic E-state index is 0.0636. The number of rotatable bonds is 6. The van der Waals surface area contributed by atoms with Gasteiger partial charge in [0.15, 0.2) is 0 Å². The number of nitrogens with one attached hydrogen (secondary N) is 1. The molecule has 0 atom stereocenters. The fraction of sp³-hybridized carbons (Fsp3) is 0.278. The average molecular weight is 311 g/mol. The van der Waals surface area contributed by atoms with Crippen molar-refractivity contribution in [2.45, 2.75) is 26.9 Å². The zero-order valence-electron chi connectivity index (χ0n) is 13.4. The summed E-state index contributed by atoms with van der Waals surface area (Å²) in [6, 6.07) is 14.0. The van der Waals surface area contributed by atoms with Crippen LogP contribution in [0.5, 0.6) is 0 Å². The van der Waals surface area contributed by atoms with E-state index in [1.54, 1.807) is 4.68 Å². The number of nitrogens with zero attached hydrogens (tertiary/aromatic N) is 2. The Labute approximate surface area is 135 Å². The first-order valence-corrected chi connectivity index (χ1v) is 7.72. The molecule has 3 rings (SSSR count). The van der Waals surface area contributed by atoms with Gasteiger partial charge in [0, 0.05) is 11.1 Å². The van der Waals surface area contributed by atoms with Crippen molar-refractivity contribution >= 4 is 5.82 Å². The van der Waals surface area contributed by atoms with Crippen LogP contribution in [0.4, 0.5) is 5.82 Å². The average Bonchev–Trinajstić information content (AvgIpc) is 3.13. The molecule has 2 N–H and O–H groups in total. The van der Waals surface area contributed by atoms with Gasteiger partial charge in [0.25, 0.3) is 0 Å². The lowest BCUT2D eigenvalue weighted by atomic mass is 10.2. The highest BCUT2D eigenvalue weighted by molar-refractivity contribution is 5.57. The fourth-order valence-electron chi connectivity index (χ4n) is 2.55.